The number of alkyl halides is 3. The first-order valence-electron chi connectivity index (χ1n) is 6.03. The van der Waals surface area contributed by atoms with Gasteiger partial charge in [-0.2, -0.15) is 13.2 Å². The van der Waals surface area contributed by atoms with Crippen molar-refractivity contribution >= 4 is 43.2 Å². The largest absolute Gasteiger partial charge is 0.443 e. The highest BCUT2D eigenvalue weighted by atomic mass is 79.9. The van der Waals surface area contributed by atoms with E-state index in [0.29, 0.717) is 22.8 Å². The van der Waals surface area contributed by atoms with E-state index in [-0.39, 0.29) is 6.04 Å². The number of nitrogens with one attached hydrogen (secondary N) is 1. The zero-order chi connectivity index (χ0) is 15.6. The zero-order valence-corrected chi connectivity index (χ0v) is 14.8. The fourth-order valence-corrected chi connectivity index (χ4v) is 4.10. The SMILES string of the molecule is CCNC(c1cc(Br)cc(Br)c1)c1cnc(C(F)(F)F)s1. The molecule has 0 aliphatic carbocycles. The van der Waals surface area contributed by atoms with Gasteiger partial charge in [-0.1, -0.05) is 38.8 Å². The molecular weight excluding hydrogens is 433 g/mol. The van der Waals surface area contributed by atoms with Crippen LogP contribution < -0.4 is 5.32 Å². The van der Waals surface area contributed by atoms with Gasteiger partial charge < -0.3 is 5.32 Å². The van der Waals surface area contributed by atoms with E-state index in [0.717, 1.165) is 14.5 Å². The van der Waals surface area contributed by atoms with E-state index in [1.54, 1.807) is 0 Å². The lowest BCUT2D eigenvalue weighted by Gasteiger charge is -2.17. The average molecular weight is 444 g/mol. The molecule has 0 bridgehead atoms. The predicted octanol–water partition coefficient (Wildman–Crippen LogP) is 5.39. The molecule has 1 atom stereocenters. The number of nitrogens with zero attached hydrogens (tertiary/aromatic N) is 1. The van der Waals surface area contributed by atoms with Gasteiger partial charge in [0.05, 0.1) is 6.04 Å². The van der Waals surface area contributed by atoms with E-state index in [1.165, 1.54) is 6.20 Å². The van der Waals surface area contributed by atoms with Gasteiger partial charge in [-0.15, -0.1) is 11.3 Å². The number of aromatic nitrogens is 1. The van der Waals surface area contributed by atoms with Crippen LogP contribution in [0.15, 0.2) is 33.3 Å². The smallest absolute Gasteiger partial charge is 0.306 e. The molecule has 0 aliphatic heterocycles. The molecule has 21 heavy (non-hydrogen) atoms. The number of hydrogen-bond donors (Lipinski definition) is 1. The second-order valence-corrected chi connectivity index (χ2v) is 7.15. The fraction of sp³-hybridized carbons (Fsp3) is 0.308. The van der Waals surface area contributed by atoms with Crippen LogP contribution in [0.5, 0.6) is 0 Å². The molecule has 0 saturated heterocycles. The Labute approximate surface area is 141 Å². The summed E-state index contributed by atoms with van der Waals surface area (Å²) in [6.45, 7) is 2.54. The minimum Gasteiger partial charge on any atom is -0.306 e. The molecule has 2 rings (SSSR count). The van der Waals surface area contributed by atoms with Gasteiger partial charge >= 0.3 is 6.18 Å². The molecule has 1 aromatic heterocycles. The van der Waals surface area contributed by atoms with Crippen LogP contribution in [0, 0.1) is 0 Å². The summed E-state index contributed by atoms with van der Waals surface area (Å²) in [5.41, 5.74) is 0.871. The van der Waals surface area contributed by atoms with Crippen molar-refractivity contribution in [3.8, 4) is 0 Å². The molecule has 0 amide bonds. The molecule has 2 nitrogen and oxygen atoms in total. The molecule has 2 aromatic rings. The van der Waals surface area contributed by atoms with Crippen LogP contribution in [-0.2, 0) is 6.18 Å². The molecular formula is C13H11Br2F3N2S. The summed E-state index contributed by atoms with van der Waals surface area (Å²) in [6, 6.07) is 5.31. The van der Waals surface area contributed by atoms with Gasteiger partial charge in [0.25, 0.3) is 0 Å². The molecule has 1 heterocycles. The first-order valence-corrected chi connectivity index (χ1v) is 8.43. The first-order chi connectivity index (χ1) is 9.81. The van der Waals surface area contributed by atoms with Gasteiger partial charge in [0.1, 0.15) is 0 Å². The standard InChI is InChI=1S/C13H11Br2F3N2S/c1-2-19-11(7-3-8(14)5-9(15)4-7)10-6-20-12(21-10)13(16,17)18/h3-6,11,19H,2H2,1H3. The van der Waals surface area contributed by atoms with Crippen LogP contribution >= 0.6 is 43.2 Å². The second-order valence-electron chi connectivity index (χ2n) is 4.26. The van der Waals surface area contributed by atoms with Gasteiger partial charge in [0.15, 0.2) is 5.01 Å². The topological polar surface area (TPSA) is 24.9 Å². The Kier molecular flexibility index (Phi) is 5.45. The summed E-state index contributed by atoms with van der Waals surface area (Å²) in [5.74, 6) is 0. The van der Waals surface area contributed by atoms with E-state index in [9.17, 15) is 13.2 Å². The third kappa shape index (κ3) is 4.28. The van der Waals surface area contributed by atoms with Crippen LogP contribution in [0.3, 0.4) is 0 Å². The van der Waals surface area contributed by atoms with E-state index in [2.05, 4.69) is 42.2 Å². The lowest BCUT2D eigenvalue weighted by atomic mass is 10.1. The first kappa shape index (κ1) is 16.9. The number of thiazole rings is 1. The average Bonchev–Trinajstić information content (AvgIpc) is 2.83. The Hall–Kier alpha value is -0.440. The molecule has 0 fully saturated rings. The Morgan fingerprint density at radius 2 is 1.86 bits per heavy atom. The number of rotatable bonds is 4. The van der Waals surface area contributed by atoms with Gasteiger partial charge in [-0.3, -0.25) is 0 Å². The summed E-state index contributed by atoms with van der Waals surface area (Å²) < 4.78 is 39.8. The van der Waals surface area contributed by atoms with Gasteiger partial charge in [-0.05, 0) is 30.3 Å². The van der Waals surface area contributed by atoms with Crippen molar-refractivity contribution < 1.29 is 13.2 Å². The minimum atomic E-state index is -4.41. The summed E-state index contributed by atoms with van der Waals surface area (Å²) in [5, 5.41) is 2.37. The molecule has 0 aliphatic rings. The maximum atomic E-state index is 12.7. The Morgan fingerprint density at radius 1 is 1.24 bits per heavy atom. The fourth-order valence-electron chi connectivity index (χ4n) is 1.88. The van der Waals surface area contributed by atoms with Crippen LogP contribution in [-0.4, -0.2) is 11.5 Å². The summed E-state index contributed by atoms with van der Waals surface area (Å²) in [7, 11) is 0. The van der Waals surface area contributed by atoms with Crippen LogP contribution in [0.2, 0.25) is 0 Å². The molecule has 0 spiro atoms. The van der Waals surface area contributed by atoms with Crippen molar-refractivity contribution in [2.45, 2.75) is 19.1 Å². The summed E-state index contributed by atoms with van der Waals surface area (Å²) in [4.78, 5) is 4.03. The maximum Gasteiger partial charge on any atom is 0.443 e. The molecule has 0 radical (unpaired) electrons. The Bertz CT molecular complexity index is 608. The highest BCUT2D eigenvalue weighted by Crippen LogP contribution is 2.37. The third-order valence-electron chi connectivity index (χ3n) is 2.68. The van der Waals surface area contributed by atoms with Crippen LogP contribution in [0.25, 0.3) is 0 Å². The number of halogens is 5. The van der Waals surface area contributed by atoms with Crippen molar-refractivity contribution in [2.75, 3.05) is 6.54 Å². The molecule has 1 unspecified atom stereocenters. The van der Waals surface area contributed by atoms with Crippen molar-refractivity contribution in [1.29, 1.82) is 0 Å². The van der Waals surface area contributed by atoms with E-state index >= 15 is 0 Å². The quantitative estimate of drug-likeness (QED) is 0.685. The minimum absolute atomic E-state index is 0.322. The van der Waals surface area contributed by atoms with Crippen molar-refractivity contribution in [2.24, 2.45) is 0 Å². The zero-order valence-electron chi connectivity index (χ0n) is 10.8. The van der Waals surface area contributed by atoms with Gasteiger partial charge in [0, 0.05) is 20.0 Å². The molecule has 8 heteroatoms. The highest BCUT2D eigenvalue weighted by molar-refractivity contribution is 9.11. The molecule has 114 valence electrons. The van der Waals surface area contributed by atoms with E-state index in [4.69, 9.17) is 0 Å². The number of hydrogen-bond acceptors (Lipinski definition) is 3. The second kappa shape index (κ2) is 6.76. The van der Waals surface area contributed by atoms with Crippen LogP contribution in [0.4, 0.5) is 13.2 Å². The summed E-state index contributed by atoms with van der Waals surface area (Å²) >= 11 is 7.45. The Balaban J connectivity index is 2.41. The van der Waals surface area contributed by atoms with E-state index in [1.807, 2.05) is 25.1 Å². The maximum absolute atomic E-state index is 12.7. The van der Waals surface area contributed by atoms with Crippen molar-refractivity contribution in [3.63, 3.8) is 0 Å². The monoisotopic (exact) mass is 442 g/mol. The van der Waals surface area contributed by atoms with Gasteiger partial charge in [-0.25, -0.2) is 4.98 Å². The third-order valence-corrected chi connectivity index (χ3v) is 4.70. The van der Waals surface area contributed by atoms with Crippen LogP contribution in [0.1, 0.15) is 28.4 Å². The lowest BCUT2D eigenvalue weighted by molar-refractivity contribution is -0.137. The predicted molar refractivity (Wildman–Crippen MR) is 84.5 cm³/mol. The van der Waals surface area contributed by atoms with Crippen molar-refractivity contribution in [3.05, 3.63) is 48.8 Å². The normalized spacial score (nSPS) is 13.4. The van der Waals surface area contributed by atoms with E-state index < -0.39 is 11.2 Å². The molecule has 1 aromatic carbocycles. The lowest BCUT2D eigenvalue weighted by Crippen LogP contribution is -2.21. The molecule has 0 saturated carbocycles. The number of benzene rings is 1. The molecule has 1 N–H and O–H groups in total. The van der Waals surface area contributed by atoms with Gasteiger partial charge in [0.2, 0.25) is 0 Å². The highest BCUT2D eigenvalue weighted by Gasteiger charge is 2.35. The van der Waals surface area contributed by atoms with Crippen molar-refractivity contribution in [1.82, 2.24) is 10.3 Å². The Morgan fingerprint density at radius 3 is 2.33 bits per heavy atom. The summed E-state index contributed by atoms with van der Waals surface area (Å²) in [6.07, 6.45) is -3.12.